The molecular weight excluding hydrogens is 263 g/mol. The van der Waals surface area contributed by atoms with E-state index in [1.54, 1.807) is 6.07 Å². The zero-order valence-electron chi connectivity index (χ0n) is 10.7. The smallest absolute Gasteiger partial charge is 0.142 e. The molecule has 0 spiro atoms. The molecule has 0 saturated heterocycles. The number of hydrogen-bond acceptors (Lipinski definition) is 1. The highest BCUT2D eigenvalue weighted by Gasteiger charge is 2.10. The maximum atomic E-state index is 13.3. The molecule has 3 heteroatoms. The fraction of sp³-hybridized carbons (Fsp3) is 0.250. The highest BCUT2D eigenvalue weighted by atomic mass is 35.5. The van der Waals surface area contributed by atoms with Crippen LogP contribution in [0.15, 0.2) is 42.5 Å². The first kappa shape index (κ1) is 14.0. The van der Waals surface area contributed by atoms with E-state index in [1.807, 2.05) is 31.2 Å². The lowest BCUT2D eigenvalue weighted by atomic mass is 9.98. The zero-order valence-corrected chi connectivity index (χ0v) is 11.5. The third-order valence-corrected chi connectivity index (χ3v) is 3.48. The van der Waals surface area contributed by atoms with Crippen molar-refractivity contribution in [1.29, 1.82) is 0 Å². The van der Waals surface area contributed by atoms with Crippen LogP contribution in [0.25, 0.3) is 0 Å². The summed E-state index contributed by atoms with van der Waals surface area (Å²) in [4.78, 5) is 0. The minimum Gasteiger partial charge on any atom is -0.392 e. The molecule has 1 nitrogen and oxygen atoms in total. The third kappa shape index (κ3) is 3.79. The van der Waals surface area contributed by atoms with Crippen LogP contribution in [0, 0.1) is 12.7 Å². The molecule has 0 heterocycles. The Morgan fingerprint density at radius 1 is 1.16 bits per heavy atom. The van der Waals surface area contributed by atoms with Crippen molar-refractivity contribution in [2.75, 3.05) is 0 Å². The van der Waals surface area contributed by atoms with Crippen LogP contribution in [0.3, 0.4) is 0 Å². The van der Waals surface area contributed by atoms with Crippen molar-refractivity contribution < 1.29 is 9.50 Å². The number of hydrogen-bond donors (Lipinski definition) is 1. The lowest BCUT2D eigenvalue weighted by Crippen LogP contribution is -2.14. The van der Waals surface area contributed by atoms with Crippen LogP contribution in [-0.2, 0) is 12.8 Å². The van der Waals surface area contributed by atoms with Crippen LogP contribution >= 0.6 is 11.6 Å². The molecule has 1 unspecified atom stereocenters. The first-order chi connectivity index (χ1) is 9.06. The monoisotopic (exact) mass is 278 g/mol. The van der Waals surface area contributed by atoms with E-state index in [0.29, 0.717) is 12.8 Å². The predicted octanol–water partition coefficient (Wildman–Crippen LogP) is 3.93. The molecule has 0 aromatic heterocycles. The minimum atomic E-state index is -0.526. The van der Waals surface area contributed by atoms with Crippen LogP contribution in [0.1, 0.15) is 16.7 Å². The van der Waals surface area contributed by atoms with E-state index in [4.69, 9.17) is 11.6 Å². The summed E-state index contributed by atoms with van der Waals surface area (Å²) in [5.74, 6) is -0.442. The SMILES string of the molecule is Cc1ccccc1CC(O)Cc1ccc(Cl)c(F)c1. The topological polar surface area (TPSA) is 20.2 Å². The molecule has 0 amide bonds. The molecule has 2 aromatic carbocycles. The highest BCUT2D eigenvalue weighted by molar-refractivity contribution is 6.30. The molecule has 0 aliphatic carbocycles. The van der Waals surface area contributed by atoms with Crippen LogP contribution in [0.2, 0.25) is 5.02 Å². The maximum Gasteiger partial charge on any atom is 0.142 e. The van der Waals surface area contributed by atoms with Crippen molar-refractivity contribution in [3.8, 4) is 0 Å². The Kier molecular flexibility index (Phi) is 4.56. The van der Waals surface area contributed by atoms with Crippen LogP contribution < -0.4 is 0 Å². The van der Waals surface area contributed by atoms with Crippen LogP contribution in [0.4, 0.5) is 4.39 Å². The number of halogens is 2. The quantitative estimate of drug-likeness (QED) is 0.898. The molecule has 19 heavy (non-hydrogen) atoms. The molecule has 0 saturated carbocycles. The summed E-state index contributed by atoms with van der Waals surface area (Å²) in [6.45, 7) is 2.02. The predicted molar refractivity (Wildman–Crippen MR) is 76.0 cm³/mol. The second kappa shape index (κ2) is 6.18. The molecule has 1 atom stereocenters. The number of rotatable bonds is 4. The van der Waals surface area contributed by atoms with Gasteiger partial charge in [-0.2, -0.15) is 0 Å². The number of benzene rings is 2. The second-order valence-corrected chi connectivity index (χ2v) is 5.14. The maximum absolute atomic E-state index is 13.3. The van der Waals surface area contributed by atoms with E-state index in [-0.39, 0.29) is 5.02 Å². The van der Waals surface area contributed by atoms with Gasteiger partial charge in [0, 0.05) is 0 Å². The lowest BCUT2D eigenvalue weighted by molar-refractivity contribution is 0.175. The molecule has 1 N–H and O–H groups in total. The van der Waals surface area contributed by atoms with Gasteiger partial charge in [0.05, 0.1) is 11.1 Å². The second-order valence-electron chi connectivity index (χ2n) is 4.74. The van der Waals surface area contributed by atoms with Crippen molar-refractivity contribution >= 4 is 11.6 Å². The molecular formula is C16H16ClFO. The van der Waals surface area contributed by atoms with Gasteiger partial charge in [-0.15, -0.1) is 0 Å². The van der Waals surface area contributed by atoms with Gasteiger partial charge in [-0.25, -0.2) is 4.39 Å². The van der Waals surface area contributed by atoms with E-state index < -0.39 is 11.9 Å². The number of aliphatic hydroxyl groups excluding tert-OH is 1. The molecule has 2 aromatic rings. The van der Waals surface area contributed by atoms with Crippen LogP contribution in [-0.4, -0.2) is 11.2 Å². The van der Waals surface area contributed by atoms with E-state index in [9.17, 15) is 9.50 Å². The molecule has 0 bridgehead atoms. The molecule has 0 aliphatic heterocycles. The molecule has 0 radical (unpaired) electrons. The van der Waals surface area contributed by atoms with Gasteiger partial charge in [-0.05, 0) is 48.6 Å². The van der Waals surface area contributed by atoms with Crippen molar-refractivity contribution in [3.63, 3.8) is 0 Å². The largest absolute Gasteiger partial charge is 0.392 e. The first-order valence-electron chi connectivity index (χ1n) is 6.23. The first-order valence-corrected chi connectivity index (χ1v) is 6.60. The van der Waals surface area contributed by atoms with E-state index in [1.165, 1.54) is 12.1 Å². The Morgan fingerprint density at radius 2 is 1.89 bits per heavy atom. The Labute approximate surface area is 117 Å². The summed E-state index contributed by atoms with van der Waals surface area (Å²) in [5.41, 5.74) is 3.02. The normalized spacial score (nSPS) is 12.4. The van der Waals surface area contributed by atoms with Gasteiger partial charge in [0.15, 0.2) is 0 Å². The van der Waals surface area contributed by atoms with Gasteiger partial charge in [-0.1, -0.05) is 41.9 Å². The van der Waals surface area contributed by atoms with Crippen molar-refractivity contribution in [1.82, 2.24) is 0 Å². The van der Waals surface area contributed by atoms with Gasteiger partial charge in [0.2, 0.25) is 0 Å². The van der Waals surface area contributed by atoms with Crippen molar-refractivity contribution in [2.24, 2.45) is 0 Å². The average Bonchev–Trinajstić information content (AvgIpc) is 2.37. The summed E-state index contributed by atoms with van der Waals surface area (Å²) in [6, 6.07) is 12.6. The average molecular weight is 279 g/mol. The number of aliphatic hydroxyl groups is 1. The summed E-state index contributed by atoms with van der Waals surface area (Å²) in [7, 11) is 0. The number of aryl methyl sites for hydroxylation is 1. The van der Waals surface area contributed by atoms with Gasteiger partial charge in [0.25, 0.3) is 0 Å². The zero-order chi connectivity index (χ0) is 13.8. The summed E-state index contributed by atoms with van der Waals surface area (Å²) >= 11 is 5.63. The molecule has 0 fully saturated rings. The summed E-state index contributed by atoms with van der Waals surface area (Å²) in [5, 5.41) is 10.2. The minimum absolute atomic E-state index is 0.108. The van der Waals surface area contributed by atoms with Gasteiger partial charge < -0.3 is 5.11 Å². The van der Waals surface area contributed by atoms with Gasteiger partial charge in [-0.3, -0.25) is 0 Å². The standard InChI is InChI=1S/C16H16ClFO/c1-11-4-2-3-5-13(11)10-14(19)8-12-6-7-15(17)16(18)9-12/h2-7,9,14,19H,8,10H2,1H3. The summed E-state index contributed by atoms with van der Waals surface area (Å²) in [6.07, 6.45) is 0.459. The van der Waals surface area contributed by atoms with Crippen molar-refractivity contribution in [2.45, 2.75) is 25.9 Å². The fourth-order valence-electron chi connectivity index (χ4n) is 2.10. The van der Waals surface area contributed by atoms with Crippen LogP contribution in [0.5, 0.6) is 0 Å². The van der Waals surface area contributed by atoms with E-state index in [2.05, 4.69) is 0 Å². The third-order valence-electron chi connectivity index (χ3n) is 3.17. The van der Waals surface area contributed by atoms with Gasteiger partial charge in [0.1, 0.15) is 5.82 Å². The Morgan fingerprint density at radius 3 is 2.58 bits per heavy atom. The summed E-state index contributed by atoms with van der Waals surface area (Å²) < 4.78 is 13.3. The van der Waals surface area contributed by atoms with Crippen molar-refractivity contribution in [3.05, 3.63) is 70.0 Å². The fourth-order valence-corrected chi connectivity index (χ4v) is 2.22. The Hall–Kier alpha value is -1.38. The van der Waals surface area contributed by atoms with E-state index in [0.717, 1.165) is 16.7 Å². The highest BCUT2D eigenvalue weighted by Crippen LogP contribution is 2.18. The molecule has 0 aliphatic rings. The lowest BCUT2D eigenvalue weighted by Gasteiger charge is -2.13. The van der Waals surface area contributed by atoms with Gasteiger partial charge >= 0.3 is 0 Å². The Bertz CT molecular complexity index is 568. The molecule has 2 rings (SSSR count). The Balaban J connectivity index is 2.03. The van der Waals surface area contributed by atoms with E-state index >= 15 is 0 Å². The molecule has 100 valence electrons.